The second-order valence-electron chi connectivity index (χ2n) is 4.66. The highest BCUT2D eigenvalue weighted by Gasteiger charge is 2.24. The normalized spacial score (nSPS) is 13.8. The van der Waals surface area contributed by atoms with Crippen LogP contribution in [-0.2, 0) is 9.47 Å². The smallest absolute Gasteiger partial charge is 0.338 e. The molecule has 0 spiro atoms. The number of hydrogen-bond donors (Lipinski definition) is 0. The molecule has 0 amide bonds. The summed E-state index contributed by atoms with van der Waals surface area (Å²) in [6.07, 6.45) is 3.54. The SMILES string of the molecule is CCCC(OC)C(CCC)OC(=O)c1ccccc1. The lowest BCUT2D eigenvalue weighted by atomic mass is 10.0. The maximum Gasteiger partial charge on any atom is 0.338 e. The second-order valence-corrected chi connectivity index (χ2v) is 4.66. The van der Waals surface area contributed by atoms with Crippen LogP contribution in [0, 0.1) is 0 Å². The third kappa shape index (κ3) is 5.03. The lowest BCUT2D eigenvalue weighted by molar-refractivity contribution is -0.0421. The molecule has 1 aromatic rings. The van der Waals surface area contributed by atoms with Crippen molar-refractivity contribution in [2.45, 2.75) is 51.7 Å². The molecular weight excluding hydrogens is 240 g/mol. The van der Waals surface area contributed by atoms with Crippen LogP contribution in [0.2, 0.25) is 0 Å². The standard InChI is InChI=1S/C16H24O3/c1-4-9-14(18-3)15(10-5-2)19-16(17)13-11-7-6-8-12-13/h6-8,11-12,14-15H,4-5,9-10H2,1-3H3. The van der Waals surface area contributed by atoms with Crippen LogP contribution in [0.1, 0.15) is 49.9 Å². The summed E-state index contributed by atoms with van der Waals surface area (Å²) in [6.45, 7) is 4.19. The average Bonchev–Trinajstić information content (AvgIpc) is 2.45. The molecule has 2 atom stereocenters. The first-order valence-corrected chi connectivity index (χ1v) is 7.01. The Morgan fingerprint density at radius 3 is 2.16 bits per heavy atom. The molecule has 0 aliphatic heterocycles. The van der Waals surface area contributed by atoms with Crippen molar-refractivity contribution in [3.8, 4) is 0 Å². The molecule has 0 fully saturated rings. The van der Waals surface area contributed by atoms with Crippen LogP contribution in [0.5, 0.6) is 0 Å². The van der Waals surface area contributed by atoms with Gasteiger partial charge in [0.15, 0.2) is 0 Å². The van der Waals surface area contributed by atoms with Crippen LogP contribution >= 0.6 is 0 Å². The Labute approximate surface area is 115 Å². The van der Waals surface area contributed by atoms with E-state index in [0.29, 0.717) is 5.56 Å². The molecule has 0 aliphatic rings. The van der Waals surface area contributed by atoms with Crippen LogP contribution in [0.15, 0.2) is 30.3 Å². The number of carbonyl (C=O) groups excluding carboxylic acids is 1. The molecule has 0 saturated carbocycles. The molecule has 0 N–H and O–H groups in total. The van der Waals surface area contributed by atoms with E-state index < -0.39 is 0 Å². The minimum Gasteiger partial charge on any atom is -0.456 e. The molecule has 0 saturated heterocycles. The molecule has 3 heteroatoms. The quantitative estimate of drug-likeness (QED) is 0.669. The third-order valence-electron chi connectivity index (χ3n) is 3.13. The summed E-state index contributed by atoms with van der Waals surface area (Å²) >= 11 is 0. The summed E-state index contributed by atoms with van der Waals surface area (Å²) in [7, 11) is 1.68. The Hall–Kier alpha value is -1.35. The zero-order chi connectivity index (χ0) is 14.1. The van der Waals surface area contributed by atoms with Crippen LogP contribution in [0.25, 0.3) is 0 Å². The Balaban J connectivity index is 2.69. The molecule has 0 bridgehead atoms. The van der Waals surface area contributed by atoms with Crippen molar-refractivity contribution in [2.24, 2.45) is 0 Å². The largest absolute Gasteiger partial charge is 0.456 e. The fraction of sp³-hybridized carbons (Fsp3) is 0.562. The molecule has 3 nitrogen and oxygen atoms in total. The van der Waals surface area contributed by atoms with Crippen LogP contribution in [0.4, 0.5) is 0 Å². The van der Waals surface area contributed by atoms with Crippen molar-refractivity contribution >= 4 is 5.97 Å². The van der Waals surface area contributed by atoms with E-state index in [1.54, 1.807) is 19.2 Å². The van der Waals surface area contributed by atoms with Crippen molar-refractivity contribution in [1.82, 2.24) is 0 Å². The number of carbonyl (C=O) groups is 1. The van der Waals surface area contributed by atoms with Crippen LogP contribution in [-0.4, -0.2) is 25.3 Å². The van der Waals surface area contributed by atoms with Crippen molar-refractivity contribution < 1.29 is 14.3 Å². The number of ether oxygens (including phenoxy) is 2. The molecule has 0 aliphatic carbocycles. The van der Waals surface area contributed by atoms with Gasteiger partial charge in [0.2, 0.25) is 0 Å². The Kier molecular flexibility index (Phi) is 7.19. The average molecular weight is 264 g/mol. The summed E-state index contributed by atoms with van der Waals surface area (Å²) in [5.74, 6) is -0.266. The first-order chi connectivity index (χ1) is 9.22. The zero-order valence-electron chi connectivity index (χ0n) is 12.1. The molecule has 1 aromatic carbocycles. The highest BCUT2D eigenvalue weighted by Crippen LogP contribution is 2.17. The molecule has 0 radical (unpaired) electrons. The van der Waals surface area contributed by atoms with Gasteiger partial charge in [-0.2, -0.15) is 0 Å². The van der Waals surface area contributed by atoms with E-state index in [2.05, 4.69) is 13.8 Å². The van der Waals surface area contributed by atoms with Crippen molar-refractivity contribution in [2.75, 3.05) is 7.11 Å². The monoisotopic (exact) mass is 264 g/mol. The van der Waals surface area contributed by atoms with Gasteiger partial charge in [0.1, 0.15) is 6.10 Å². The maximum absolute atomic E-state index is 12.1. The second kappa shape index (κ2) is 8.70. The van der Waals surface area contributed by atoms with E-state index in [1.165, 1.54) is 0 Å². The van der Waals surface area contributed by atoms with Gasteiger partial charge in [0, 0.05) is 7.11 Å². The van der Waals surface area contributed by atoms with Gasteiger partial charge in [-0.25, -0.2) is 4.79 Å². The van der Waals surface area contributed by atoms with Crippen LogP contribution in [0.3, 0.4) is 0 Å². The van der Waals surface area contributed by atoms with Crippen molar-refractivity contribution in [1.29, 1.82) is 0 Å². The number of benzene rings is 1. The molecule has 0 aromatic heterocycles. The molecule has 1 rings (SSSR count). The summed E-state index contributed by atoms with van der Waals surface area (Å²) in [5, 5.41) is 0. The predicted octanol–water partition coefficient (Wildman–Crippen LogP) is 3.83. The Morgan fingerprint density at radius 1 is 1.05 bits per heavy atom. The number of esters is 1. The number of hydrogen-bond acceptors (Lipinski definition) is 3. The Bertz CT molecular complexity index is 362. The fourth-order valence-corrected chi connectivity index (χ4v) is 2.13. The van der Waals surface area contributed by atoms with Gasteiger partial charge in [-0.1, -0.05) is 44.9 Å². The van der Waals surface area contributed by atoms with Gasteiger partial charge >= 0.3 is 5.97 Å². The van der Waals surface area contributed by atoms with E-state index in [-0.39, 0.29) is 18.2 Å². The topological polar surface area (TPSA) is 35.5 Å². The molecular formula is C16H24O3. The summed E-state index contributed by atoms with van der Waals surface area (Å²) in [6, 6.07) is 9.10. The minimum atomic E-state index is -0.266. The predicted molar refractivity (Wildman–Crippen MR) is 76.3 cm³/mol. The number of methoxy groups -OCH3 is 1. The molecule has 2 unspecified atom stereocenters. The van der Waals surface area contributed by atoms with Crippen LogP contribution < -0.4 is 0 Å². The summed E-state index contributed by atoms with van der Waals surface area (Å²) in [4.78, 5) is 12.1. The highest BCUT2D eigenvalue weighted by molar-refractivity contribution is 5.89. The van der Waals surface area contributed by atoms with Crippen molar-refractivity contribution in [3.05, 3.63) is 35.9 Å². The summed E-state index contributed by atoms with van der Waals surface area (Å²) < 4.78 is 11.1. The third-order valence-corrected chi connectivity index (χ3v) is 3.13. The first kappa shape index (κ1) is 15.7. The van der Waals surface area contributed by atoms with Gasteiger partial charge in [-0.3, -0.25) is 0 Å². The van der Waals surface area contributed by atoms with E-state index in [1.807, 2.05) is 18.2 Å². The maximum atomic E-state index is 12.1. The van der Waals surface area contributed by atoms with E-state index in [4.69, 9.17) is 9.47 Å². The van der Waals surface area contributed by atoms with E-state index in [0.717, 1.165) is 25.7 Å². The minimum absolute atomic E-state index is 0.0161. The molecule has 0 heterocycles. The highest BCUT2D eigenvalue weighted by atomic mass is 16.6. The lowest BCUT2D eigenvalue weighted by Crippen LogP contribution is -2.32. The van der Waals surface area contributed by atoms with Gasteiger partial charge in [0.25, 0.3) is 0 Å². The van der Waals surface area contributed by atoms with Gasteiger partial charge < -0.3 is 9.47 Å². The zero-order valence-corrected chi connectivity index (χ0v) is 12.1. The van der Waals surface area contributed by atoms with E-state index in [9.17, 15) is 4.79 Å². The number of rotatable bonds is 8. The lowest BCUT2D eigenvalue weighted by Gasteiger charge is -2.25. The van der Waals surface area contributed by atoms with Crippen molar-refractivity contribution in [3.63, 3.8) is 0 Å². The van der Waals surface area contributed by atoms with Gasteiger partial charge in [-0.15, -0.1) is 0 Å². The fourth-order valence-electron chi connectivity index (χ4n) is 2.13. The Morgan fingerprint density at radius 2 is 1.63 bits per heavy atom. The van der Waals surface area contributed by atoms with Gasteiger partial charge in [-0.05, 0) is 25.0 Å². The molecule has 106 valence electrons. The van der Waals surface area contributed by atoms with E-state index >= 15 is 0 Å². The first-order valence-electron chi connectivity index (χ1n) is 7.01. The van der Waals surface area contributed by atoms with Gasteiger partial charge in [0.05, 0.1) is 11.7 Å². The summed E-state index contributed by atoms with van der Waals surface area (Å²) in [5.41, 5.74) is 0.593. The molecule has 19 heavy (non-hydrogen) atoms.